The van der Waals surface area contributed by atoms with Crippen LogP contribution in [0.4, 0.5) is 0 Å². The first-order valence-electron chi connectivity index (χ1n) is 8.79. The van der Waals surface area contributed by atoms with Gasteiger partial charge in [0.15, 0.2) is 0 Å². The van der Waals surface area contributed by atoms with E-state index >= 15 is 0 Å². The molecule has 3 aliphatic rings. The molecule has 0 spiro atoms. The number of aliphatic carboxylic acids is 1. The van der Waals surface area contributed by atoms with Crippen LogP contribution in [-0.4, -0.2) is 47.3 Å². The minimum atomic E-state index is -0.608. The van der Waals surface area contributed by atoms with Crippen molar-refractivity contribution in [1.82, 2.24) is 4.90 Å². The van der Waals surface area contributed by atoms with Gasteiger partial charge in [-0.25, -0.2) is 0 Å². The molecule has 4 heteroatoms. The van der Waals surface area contributed by atoms with Crippen molar-refractivity contribution in [2.24, 2.45) is 11.8 Å². The van der Waals surface area contributed by atoms with Gasteiger partial charge in [0.05, 0.1) is 6.10 Å². The predicted octanol–water partition coefficient (Wildman–Crippen LogP) is 2.91. The molecule has 1 aliphatic carbocycles. The maximum absolute atomic E-state index is 11.7. The molecule has 0 radical (unpaired) electrons. The Bertz CT molecular complexity index is 373. The SMILES string of the molecule is CC[C@@H]1C[C@H](CN2[C@@H]3CCCC[C@H]3C[C@H]2C(=O)O)CCO1. The van der Waals surface area contributed by atoms with Crippen LogP contribution in [0, 0.1) is 11.8 Å². The number of rotatable bonds is 4. The number of hydrogen-bond acceptors (Lipinski definition) is 3. The summed E-state index contributed by atoms with van der Waals surface area (Å²) in [6, 6.07) is 0.295. The summed E-state index contributed by atoms with van der Waals surface area (Å²) >= 11 is 0. The molecule has 0 aromatic carbocycles. The molecule has 3 rings (SSSR count). The van der Waals surface area contributed by atoms with Crippen LogP contribution in [0.15, 0.2) is 0 Å². The number of fused-ring (bicyclic) bond motifs is 1. The quantitative estimate of drug-likeness (QED) is 0.866. The van der Waals surface area contributed by atoms with Gasteiger partial charge >= 0.3 is 5.97 Å². The Morgan fingerprint density at radius 2 is 2.05 bits per heavy atom. The molecule has 0 amide bonds. The van der Waals surface area contributed by atoms with Crippen LogP contribution in [0.1, 0.15) is 58.3 Å². The largest absolute Gasteiger partial charge is 0.480 e. The number of likely N-dealkylation sites (tertiary alicyclic amines) is 1. The van der Waals surface area contributed by atoms with E-state index in [4.69, 9.17) is 4.74 Å². The van der Waals surface area contributed by atoms with Gasteiger partial charge in [-0.05, 0) is 50.4 Å². The van der Waals surface area contributed by atoms with Gasteiger partial charge in [-0.1, -0.05) is 19.8 Å². The minimum absolute atomic E-state index is 0.235. The Balaban J connectivity index is 1.67. The van der Waals surface area contributed by atoms with Crippen LogP contribution in [-0.2, 0) is 9.53 Å². The van der Waals surface area contributed by atoms with Crippen LogP contribution < -0.4 is 0 Å². The summed E-state index contributed by atoms with van der Waals surface area (Å²) in [6.07, 6.45) is 9.53. The second-order valence-corrected chi connectivity index (χ2v) is 7.19. The van der Waals surface area contributed by atoms with E-state index in [0.717, 1.165) is 38.8 Å². The topological polar surface area (TPSA) is 49.8 Å². The van der Waals surface area contributed by atoms with Gasteiger partial charge in [0.1, 0.15) is 6.04 Å². The summed E-state index contributed by atoms with van der Waals surface area (Å²) in [5.41, 5.74) is 0. The zero-order chi connectivity index (χ0) is 14.8. The van der Waals surface area contributed by atoms with Crippen LogP contribution in [0.25, 0.3) is 0 Å². The van der Waals surface area contributed by atoms with Gasteiger partial charge < -0.3 is 9.84 Å². The van der Waals surface area contributed by atoms with Gasteiger partial charge in [-0.2, -0.15) is 0 Å². The van der Waals surface area contributed by atoms with E-state index in [9.17, 15) is 9.90 Å². The smallest absolute Gasteiger partial charge is 0.320 e. The van der Waals surface area contributed by atoms with Gasteiger partial charge in [0.25, 0.3) is 0 Å². The number of carboxylic acid groups (broad SMARTS) is 1. The molecule has 2 saturated heterocycles. The lowest BCUT2D eigenvalue weighted by atomic mass is 9.84. The third kappa shape index (κ3) is 3.26. The zero-order valence-corrected chi connectivity index (χ0v) is 13.2. The maximum atomic E-state index is 11.7. The van der Waals surface area contributed by atoms with Gasteiger partial charge in [0, 0.05) is 19.2 Å². The number of ether oxygens (including phenoxy) is 1. The highest BCUT2D eigenvalue weighted by atomic mass is 16.5. The molecule has 0 aromatic heterocycles. The van der Waals surface area contributed by atoms with E-state index in [1.165, 1.54) is 25.7 Å². The molecular formula is C17H29NO3. The summed E-state index contributed by atoms with van der Waals surface area (Å²) in [7, 11) is 0. The summed E-state index contributed by atoms with van der Waals surface area (Å²) in [5.74, 6) is 0.636. The van der Waals surface area contributed by atoms with Crippen LogP contribution in [0.2, 0.25) is 0 Å². The lowest BCUT2D eigenvalue weighted by Crippen LogP contribution is -2.46. The van der Waals surface area contributed by atoms with E-state index in [-0.39, 0.29) is 6.04 Å². The fourth-order valence-corrected chi connectivity index (χ4v) is 4.77. The molecule has 3 fully saturated rings. The van der Waals surface area contributed by atoms with Crippen molar-refractivity contribution in [2.75, 3.05) is 13.2 Å². The Morgan fingerprint density at radius 1 is 1.24 bits per heavy atom. The molecule has 0 aromatic rings. The van der Waals surface area contributed by atoms with Crippen molar-refractivity contribution in [3.05, 3.63) is 0 Å². The number of carboxylic acids is 1. The second-order valence-electron chi connectivity index (χ2n) is 7.19. The lowest BCUT2D eigenvalue weighted by Gasteiger charge is -2.37. The Hall–Kier alpha value is -0.610. The van der Waals surface area contributed by atoms with Crippen LogP contribution in [0.5, 0.6) is 0 Å². The molecule has 0 unspecified atom stereocenters. The van der Waals surface area contributed by atoms with E-state index in [0.29, 0.717) is 24.0 Å². The Labute approximate surface area is 127 Å². The molecule has 5 atom stereocenters. The predicted molar refractivity (Wildman–Crippen MR) is 81.2 cm³/mol. The highest BCUT2D eigenvalue weighted by molar-refractivity contribution is 5.74. The first-order chi connectivity index (χ1) is 10.2. The molecule has 4 nitrogen and oxygen atoms in total. The maximum Gasteiger partial charge on any atom is 0.320 e. The van der Waals surface area contributed by atoms with E-state index in [1.807, 2.05) is 0 Å². The van der Waals surface area contributed by atoms with Gasteiger partial charge in [-0.3, -0.25) is 9.69 Å². The van der Waals surface area contributed by atoms with Crippen molar-refractivity contribution < 1.29 is 14.6 Å². The van der Waals surface area contributed by atoms with E-state index in [1.54, 1.807) is 0 Å². The lowest BCUT2D eigenvalue weighted by molar-refractivity contribution is -0.143. The molecule has 2 heterocycles. The van der Waals surface area contributed by atoms with Crippen LogP contribution >= 0.6 is 0 Å². The van der Waals surface area contributed by atoms with E-state index in [2.05, 4.69) is 11.8 Å². The molecule has 1 saturated carbocycles. The number of hydrogen-bond donors (Lipinski definition) is 1. The van der Waals surface area contributed by atoms with Crippen molar-refractivity contribution >= 4 is 5.97 Å². The second kappa shape index (κ2) is 6.66. The van der Waals surface area contributed by atoms with E-state index < -0.39 is 5.97 Å². The highest BCUT2D eigenvalue weighted by Gasteiger charge is 2.45. The molecular weight excluding hydrogens is 266 g/mol. The molecule has 0 bridgehead atoms. The fourth-order valence-electron chi connectivity index (χ4n) is 4.77. The van der Waals surface area contributed by atoms with Crippen molar-refractivity contribution in [3.63, 3.8) is 0 Å². The summed E-state index contributed by atoms with van der Waals surface area (Å²) in [5, 5.41) is 9.59. The van der Waals surface area contributed by atoms with Crippen LogP contribution in [0.3, 0.4) is 0 Å². The van der Waals surface area contributed by atoms with Crippen molar-refractivity contribution in [2.45, 2.75) is 76.5 Å². The number of carbonyl (C=O) groups is 1. The molecule has 120 valence electrons. The van der Waals surface area contributed by atoms with Crippen molar-refractivity contribution in [1.29, 1.82) is 0 Å². The summed E-state index contributed by atoms with van der Waals surface area (Å²) in [6.45, 7) is 4.00. The average molecular weight is 295 g/mol. The van der Waals surface area contributed by atoms with Crippen molar-refractivity contribution in [3.8, 4) is 0 Å². The fraction of sp³-hybridized carbons (Fsp3) is 0.941. The third-order valence-electron chi connectivity index (χ3n) is 5.91. The Kier molecular flexibility index (Phi) is 4.85. The average Bonchev–Trinajstić information content (AvgIpc) is 2.87. The third-order valence-corrected chi connectivity index (χ3v) is 5.91. The normalized spacial score (nSPS) is 40.9. The monoisotopic (exact) mass is 295 g/mol. The first-order valence-corrected chi connectivity index (χ1v) is 8.79. The molecule has 21 heavy (non-hydrogen) atoms. The van der Waals surface area contributed by atoms with Gasteiger partial charge in [-0.15, -0.1) is 0 Å². The summed E-state index contributed by atoms with van der Waals surface area (Å²) < 4.78 is 5.77. The minimum Gasteiger partial charge on any atom is -0.480 e. The number of nitrogens with zero attached hydrogens (tertiary/aromatic N) is 1. The van der Waals surface area contributed by atoms with Gasteiger partial charge in [0.2, 0.25) is 0 Å². The molecule has 1 N–H and O–H groups in total. The molecule has 2 aliphatic heterocycles. The standard InChI is InChI=1S/C17H29NO3/c1-2-14-9-12(7-8-21-14)11-18-15-6-4-3-5-13(15)10-16(18)17(19)20/h12-16H,2-11H2,1H3,(H,19,20)/t12-,13+,14-,15-,16+/m1/s1. The zero-order valence-electron chi connectivity index (χ0n) is 13.2. The highest BCUT2D eigenvalue weighted by Crippen LogP contribution is 2.41. The first kappa shape index (κ1) is 15.3. The summed E-state index contributed by atoms with van der Waals surface area (Å²) in [4.78, 5) is 14.0. The Morgan fingerprint density at radius 3 is 2.81 bits per heavy atom.